The molecule has 0 bridgehead atoms. The number of amidine groups is 1. The van der Waals surface area contributed by atoms with E-state index in [1.807, 2.05) is 4.90 Å². The molecular weight excluding hydrogens is 653 g/mol. The first-order chi connectivity index (χ1) is 22.5. The number of carbonyl (C=O) groups excluding carboxylic acids is 4. The summed E-state index contributed by atoms with van der Waals surface area (Å²) in [4.78, 5) is 57.0. The van der Waals surface area contributed by atoms with E-state index in [1.165, 1.54) is 16.8 Å². The molecule has 17 nitrogen and oxygen atoms in total. The summed E-state index contributed by atoms with van der Waals surface area (Å²) in [5.74, 6) is -1.48. The lowest BCUT2D eigenvalue weighted by atomic mass is 10.2. The number of alkyl halides is 2. The summed E-state index contributed by atoms with van der Waals surface area (Å²) < 4.78 is 1.49. The van der Waals surface area contributed by atoms with Gasteiger partial charge in [-0.3, -0.25) is 40.1 Å². The molecule has 0 saturated heterocycles. The van der Waals surface area contributed by atoms with Crippen molar-refractivity contribution in [3.8, 4) is 0 Å². The Morgan fingerprint density at radius 3 is 2.32 bits per heavy atom. The second-order valence-electron chi connectivity index (χ2n) is 10.1. The molecule has 0 saturated carbocycles. The van der Waals surface area contributed by atoms with Crippen LogP contribution in [0.2, 0.25) is 0 Å². The minimum atomic E-state index is -0.665. The molecule has 0 spiro atoms. The van der Waals surface area contributed by atoms with Crippen molar-refractivity contribution in [2.75, 3.05) is 52.2 Å². The molecule has 248 valence electrons. The van der Waals surface area contributed by atoms with E-state index in [1.54, 1.807) is 38.2 Å². The van der Waals surface area contributed by atoms with Gasteiger partial charge in [-0.25, -0.2) is 0 Å². The number of anilines is 4. The molecule has 0 unspecified atom stereocenters. The quantitative estimate of drug-likeness (QED) is 0.0519. The summed E-state index contributed by atoms with van der Waals surface area (Å²) in [6, 6.07) is 8.29. The minimum absolute atomic E-state index is 0.0556. The van der Waals surface area contributed by atoms with Crippen LogP contribution in [0.4, 0.5) is 23.1 Å². The molecule has 3 heterocycles. The maximum Gasteiger partial charge on any atom is 0.293 e. The highest BCUT2D eigenvalue weighted by Crippen LogP contribution is 2.20. The van der Waals surface area contributed by atoms with Gasteiger partial charge in [-0.05, 0) is 37.3 Å². The lowest BCUT2D eigenvalue weighted by molar-refractivity contribution is 0.0946. The third-order valence-electron chi connectivity index (χ3n) is 6.77. The number of nitrogens with one attached hydrogen (secondary N) is 7. The Balaban J connectivity index is 1.34. The number of aryl methyl sites for hydroxylation is 1. The van der Waals surface area contributed by atoms with Gasteiger partial charge in [0, 0.05) is 67.9 Å². The average molecular weight is 687 g/mol. The molecule has 9 N–H and O–H groups in total. The number of halogens is 2. The zero-order valence-corrected chi connectivity index (χ0v) is 26.9. The van der Waals surface area contributed by atoms with Gasteiger partial charge in [0.05, 0.1) is 11.5 Å². The third kappa shape index (κ3) is 8.86. The van der Waals surface area contributed by atoms with Crippen LogP contribution in [0.1, 0.15) is 53.9 Å². The Bertz CT molecular complexity index is 1760. The van der Waals surface area contributed by atoms with E-state index >= 15 is 0 Å². The van der Waals surface area contributed by atoms with E-state index in [0.29, 0.717) is 36.0 Å². The van der Waals surface area contributed by atoms with E-state index in [9.17, 15) is 19.2 Å². The van der Waals surface area contributed by atoms with Gasteiger partial charge in [0.25, 0.3) is 23.6 Å². The molecular formula is C28H33Cl2N13O4. The summed E-state index contributed by atoms with van der Waals surface area (Å²) in [6.07, 6.45) is 1.71. The van der Waals surface area contributed by atoms with E-state index in [4.69, 9.17) is 34.3 Å². The summed E-state index contributed by atoms with van der Waals surface area (Å²) in [7, 11) is 1.61. The molecule has 0 fully saturated rings. The van der Waals surface area contributed by atoms with Crippen molar-refractivity contribution < 1.29 is 19.2 Å². The molecule has 4 amide bonds. The SMILES string of the molecule is Cc1c(NC(=O)c2cc(NC(=O)c3nc(NC(=O)c4ccc(N(CCCl)CCCl)cc4)n[nH]3)cn2C)n[nH]c1C(=O)NCCC(=N)N. The number of nitrogens with zero attached hydrogens (tertiary/aromatic N) is 5. The van der Waals surface area contributed by atoms with Gasteiger partial charge in [-0.1, -0.05) is 0 Å². The molecule has 0 aliphatic carbocycles. The van der Waals surface area contributed by atoms with Crippen LogP contribution in [0, 0.1) is 12.3 Å². The van der Waals surface area contributed by atoms with E-state index in [0.717, 1.165) is 5.69 Å². The largest absolute Gasteiger partial charge is 0.388 e. The van der Waals surface area contributed by atoms with Crippen molar-refractivity contribution >= 4 is 75.8 Å². The van der Waals surface area contributed by atoms with Crippen molar-refractivity contribution in [2.45, 2.75) is 13.3 Å². The van der Waals surface area contributed by atoms with Crippen molar-refractivity contribution in [1.29, 1.82) is 5.41 Å². The summed E-state index contributed by atoms with van der Waals surface area (Å²) in [6.45, 7) is 3.01. The minimum Gasteiger partial charge on any atom is -0.388 e. The first kappa shape index (κ1) is 34.5. The Morgan fingerprint density at radius 2 is 1.66 bits per heavy atom. The van der Waals surface area contributed by atoms with Crippen molar-refractivity contribution in [2.24, 2.45) is 12.8 Å². The van der Waals surface area contributed by atoms with Gasteiger partial charge in [-0.15, -0.1) is 28.3 Å². The second-order valence-corrected chi connectivity index (χ2v) is 10.9. The van der Waals surface area contributed by atoms with Crippen LogP contribution in [0.15, 0.2) is 36.5 Å². The number of carbonyl (C=O) groups is 4. The normalized spacial score (nSPS) is 10.7. The molecule has 0 aliphatic heterocycles. The fraction of sp³-hybridized carbons (Fsp3) is 0.286. The molecule has 0 atom stereocenters. The highest BCUT2D eigenvalue weighted by Gasteiger charge is 2.21. The second kappa shape index (κ2) is 15.7. The van der Waals surface area contributed by atoms with Crippen LogP contribution in [-0.4, -0.2) is 90.8 Å². The van der Waals surface area contributed by atoms with Gasteiger partial charge in [-0.2, -0.15) is 10.1 Å². The first-order valence-corrected chi connectivity index (χ1v) is 15.2. The number of aromatic nitrogens is 6. The maximum atomic E-state index is 13.0. The van der Waals surface area contributed by atoms with Gasteiger partial charge >= 0.3 is 0 Å². The third-order valence-corrected chi connectivity index (χ3v) is 7.11. The molecule has 1 aromatic carbocycles. The Morgan fingerprint density at radius 1 is 0.957 bits per heavy atom. The number of nitrogens with two attached hydrogens (primary N) is 1. The fourth-order valence-electron chi connectivity index (χ4n) is 4.35. The Hall–Kier alpha value is -5.42. The smallest absolute Gasteiger partial charge is 0.293 e. The predicted octanol–water partition coefficient (Wildman–Crippen LogP) is 2.27. The van der Waals surface area contributed by atoms with Gasteiger partial charge in [0.15, 0.2) is 5.82 Å². The molecule has 3 aromatic heterocycles. The van der Waals surface area contributed by atoms with E-state index in [2.05, 4.69) is 46.6 Å². The van der Waals surface area contributed by atoms with Gasteiger partial charge in [0.1, 0.15) is 11.4 Å². The first-order valence-electron chi connectivity index (χ1n) is 14.2. The van der Waals surface area contributed by atoms with Crippen LogP contribution in [0.5, 0.6) is 0 Å². The van der Waals surface area contributed by atoms with Gasteiger partial charge < -0.3 is 31.2 Å². The number of hydrogen-bond donors (Lipinski definition) is 8. The highest BCUT2D eigenvalue weighted by atomic mass is 35.5. The molecule has 4 rings (SSSR count). The van der Waals surface area contributed by atoms with Crippen LogP contribution in [0.3, 0.4) is 0 Å². The number of H-pyrrole nitrogens is 2. The Kier molecular flexibility index (Phi) is 11.5. The highest BCUT2D eigenvalue weighted by molar-refractivity contribution is 6.18. The average Bonchev–Trinajstić information content (AvgIpc) is 3.75. The molecule has 19 heteroatoms. The summed E-state index contributed by atoms with van der Waals surface area (Å²) in [5, 5.41) is 30.6. The lowest BCUT2D eigenvalue weighted by Gasteiger charge is -2.22. The molecule has 0 radical (unpaired) electrons. The monoisotopic (exact) mass is 685 g/mol. The Labute approximate surface area is 278 Å². The molecule has 0 aliphatic rings. The standard InChI is InChI=1S/C28H33Cl2N13O4/c1-15-21(26(46)33-10-7-20(31)32)38-39-22(15)35-25(45)19-13-17(14-42(19)2)34-27(47)23-36-28(41-40-23)37-24(44)16-3-5-18(6-4-16)43(11-8-29)12-9-30/h3-6,13-14H,7-12H2,1-2H3,(H3,31,32)(H,33,46)(H,34,47)(H2,35,38,39,45)(H2,36,37,40,41,44). The van der Waals surface area contributed by atoms with Crippen molar-refractivity contribution in [3.05, 3.63) is 64.9 Å². The number of hydrogen-bond acceptors (Lipinski definition) is 9. The van der Waals surface area contributed by atoms with Crippen LogP contribution in [-0.2, 0) is 7.05 Å². The lowest BCUT2D eigenvalue weighted by Crippen LogP contribution is -2.28. The number of rotatable bonds is 15. The van der Waals surface area contributed by atoms with Crippen LogP contribution < -0.4 is 31.9 Å². The fourth-order valence-corrected chi connectivity index (χ4v) is 4.76. The van der Waals surface area contributed by atoms with E-state index in [-0.39, 0.29) is 53.5 Å². The van der Waals surface area contributed by atoms with Crippen LogP contribution in [0.25, 0.3) is 0 Å². The summed E-state index contributed by atoms with van der Waals surface area (Å²) >= 11 is 11.7. The maximum absolute atomic E-state index is 13.0. The van der Waals surface area contributed by atoms with Crippen molar-refractivity contribution in [3.63, 3.8) is 0 Å². The van der Waals surface area contributed by atoms with Gasteiger partial charge in [0.2, 0.25) is 11.8 Å². The predicted molar refractivity (Wildman–Crippen MR) is 178 cm³/mol. The zero-order chi connectivity index (χ0) is 34.1. The number of benzene rings is 1. The number of aromatic amines is 2. The molecule has 47 heavy (non-hydrogen) atoms. The number of amides is 4. The topological polar surface area (TPSA) is 245 Å². The molecule has 4 aromatic rings. The zero-order valence-electron chi connectivity index (χ0n) is 25.4. The van der Waals surface area contributed by atoms with E-state index < -0.39 is 23.6 Å². The van der Waals surface area contributed by atoms with Crippen LogP contribution >= 0.6 is 23.2 Å². The van der Waals surface area contributed by atoms with Crippen molar-refractivity contribution in [1.82, 2.24) is 35.3 Å². The summed E-state index contributed by atoms with van der Waals surface area (Å²) in [5.41, 5.74) is 7.54.